The predicted molar refractivity (Wildman–Crippen MR) is 121 cm³/mol. The van der Waals surface area contributed by atoms with Gasteiger partial charge >= 0.3 is 0 Å². The normalized spacial score (nSPS) is 15.1. The second kappa shape index (κ2) is 9.03. The molecule has 0 spiro atoms. The highest BCUT2D eigenvalue weighted by Crippen LogP contribution is 2.25. The number of benzene rings is 2. The third-order valence-electron chi connectivity index (χ3n) is 5.23. The second-order valence-electron chi connectivity index (χ2n) is 7.32. The third-order valence-corrected chi connectivity index (χ3v) is 7.14. The lowest BCUT2D eigenvalue weighted by molar-refractivity contribution is 0.340. The number of rotatable bonds is 6. The van der Waals surface area contributed by atoms with Crippen LogP contribution in [0.1, 0.15) is 12.7 Å². The van der Waals surface area contributed by atoms with Crippen LogP contribution in [0.15, 0.2) is 65.6 Å². The van der Waals surface area contributed by atoms with Crippen LogP contribution in [0.4, 0.5) is 5.82 Å². The molecular formula is C23H26N4O3S. The first kappa shape index (κ1) is 21.3. The first-order valence-electron chi connectivity index (χ1n) is 10.4. The topological polar surface area (TPSA) is 75.6 Å². The Morgan fingerprint density at radius 3 is 2.26 bits per heavy atom. The van der Waals surface area contributed by atoms with Crippen molar-refractivity contribution in [1.82, 2.24) is 14.3 Å². The van der Waals surface area contributed by atoms with Gasteiger partial charge in [-0.15, -0.1) is 0 Å². The molecule has 0 aliphatic carbocycles. The molecule has 7 nitrogen and oxygen atoms in total. The largest absolute Gasteiger partial charge is 0.494 e. The van der Waals surface area contributed by atoms with E-state index in [1.807, 2.05) is 50.2 Å². The average molecular weight is 439 g/mol. The molecule has 1 saturated heterocycles. The minimum absolute atomic E-state index is 0.286. The van der Waals surface area contributed by atoms with Gasteiger partial charge in [0.15, 0.2) is 0 Å². The van der Waals surface area contributed by atoms with Gasteiger partial charge in [-0.1, -0.05) is 30.3 Å². The summed E-state index contributed by atoms with van der Waals surface area (Å²) >= 11 is 0. The highest BCUT2D eigenvalue weighted by atomic mass is 32.2. The number of hydrogen-bond acceptors (Lipinski definition) is 6. The molecule has 1 fully saturated rings. The van der Waals surface area contributed by atoms with E-state index in [9.17, 15) is 8.42 Å². The number of sulfonamides is 1. The molecule has 1 aromatic heterocycles. The van der Waals surface area contributed by atoms with Gasteiger partial charge in [-0.25, -0.2) is 18.4 Å². The second-order valence-corrected chi connectivity index (χ2v) is 9.26. The highest BCUT2D eigenvalue weighted by molar-refractivity contribution is 7.89. The van der Waals surface area contributed by atoms with Crippen LogP contribution in [0.25, 0.3) is 11.3 Å². The Morgan fingerprint density at radius 1 is 0.935 bits per heavy atom. The van der Waals surface area contributed by atoms with Gasteiger partial charge in [-0.3, -0.25) is 0 Å². The summed E-state index contributed by atoms with van der Waals surface area (Å²) < 4.78 is 33.0. The molecule has 162 valence electrons. The molecule has 0 radical (unpaired) electrons. The van der Waals surface area contributed by atoms with Crippen molar-refractivity contribution in [2.24, 2.45) is 0 Å². The smallest absolute Gasteiger partial charge is 0.243 e. The highest BCUT2D eigenvalue weighted by Gasteiger charge is 2.29. The Labute approximate surface area is 183 Å². The summed E-state index contributed by atoms with van der Waals surface area (Å²) in [4.78, 5) is 11.5. The summed E-state index contributed by atoms with van der Waals surface area (Å²) in [6.07, 6.45) is 0. The lowest BCUT2D eigenvalue weighted by Crippen LogP contribution is -2.49. The first-order valence-corrected chi connectivity index (χ1v) is 11.8. The molecule has 8 heteroatoms. The van der Waals surface area contributed by atoms with E-state index in [2.05, 4.69) is 14.9 Å². The van der Waals surface area contributed by atoms with Crippen LogP contribution in [0.3, 0.4) is 0 Å². The van der Waals surface area contributed by atoms with Crippen LogP contribution in [0, 0.1) is 6.92 Å². The molecule has 1 aliphatic heterocycles. The molecule has 0 amide bonds. The maximum atomic E-state index is 13.0. The molecule has 4 rings (SSSR count). The Kier molecular flexibility index (Phi) is 6.20. The van der Waals surface area contributed by atoms with E-state index in [4.69, 9.17) is 4.74 Å². The van der Waals surface area contributed by atoms with E-state index in [1.165, 1.54) is 4.31 Å². The number of aryl methyl sites for hydroxylation is 1. The van der Waals surface area contributed by atoms with E-state index >= 15 is 0 Å². The standard InChI is InChI=1S/C23H26N4O3S/c1-3-30-20-9-11-21(12-10-20)31(28,29)27-15-13-26(14-16-27)23-17-22(24-18(2)25-23)19-7-5-4-6-8-19/h4-12,17H,3,13-16H2,1-2H3. The fourth-order valence-electron chi connectivity index (χ4n) is 3.65. The fourth-order valence-corrected chi connectivity index (χ4v) is 5.07. The molecule has 0 N–H and O–H groups in total. The van der Waals surface area contributed by atoms with Gasteiger partial charge in [-0.05, 0) is 38.1 Å². The fraction of sp³-hybridized carbons (Fsp3) is 0.304. The lowest BCUT2D eigenvalue weighted by atomic mass is 10.1. The SMILES string of the molecule is CCOc1ccc(S(=O)(=O)N2CCN(c3cc(-c4ccccc4)nc(C)n3)CC2)cc1. The Hall–Kier alpha value is -2.97. The maximum absolute atomic E-state index is 13.0. The van der Waals surface area contributed by atoms with Gasteiger partial charge in [0.25, 0.3) is 0 Å². The van der Waals surface area contributed by atoms with Crippen LogP contribution >= 0.6 is 0 Å². The van der Waals surface area contributed by atoms with Gasteiger partial charge in [-0.2, -0.15) is 4.31 Å². The van der Waals surface area contributed by atoms with Crippen LogP contribution in [-0.4, -0.2) is 55.5 Å². The van der Waals surface area contributed by atoms with Crippen molar-refractivity contribution in [3.05, 3.63) is 66.5 Å². The Bertz CT molecular complexity index is 1130. The van der Waals surface area contributed by atoms with E-state index in [0.717, 1.165) is 17.1 Å². The summed E-state index contributed by atoms with van der Waals surface area (Å²) in [7, 11) is -3.54. The summed E-state index contributed by atoms with van der Waals surface area (Å²) in [5, 5.41) is 0. The van der Waals surface area contributed by atoms with Gasteiger partial charge in [0.05, 0.1) is 17.2 Å². The zero-order valence-corrected chi connectivity index (χ0v) is 18.5. The predicted octanol–water partition coefficient (Wildman–Crippen LogP) is 3.36. The quantitative estimate of drug-likeness (QED) is 0.587. The molecule has 0 saturated carbocycles. The molecular weight excluding hydrogens is 412 g/mol. The molecule has 0 bridgehead atoms. The maximum Gasteiger partial charge on any atom is 0.243 e. The number of hydrogen-bond donors (Lipinski definition) is 0. The Balaban J connectivity index is 1.48. The van der Waals surface area contributed by atoms with E-state index in [-0.39, 0.29) is 4.90 Å². The minimum Gasteiger partial charge on any atom is -0.494 e. The molecule has 31 heavy (non-hydrogen) atoms. The van der Waals surface area contributed by atoms with Crippen molar-refractivity contribution in [3.8, 4) is 17.0 Å². The third kappa shape index (κ3) is 4.70. The number of anilines is 1. The summed E-state index contributed by atoms with van der Waals surface area (Å²) in [6.45, 7) is 6.26. The molecule has 0 unspecified atom stereocenters. The summed E-state index contributed by atoms with van der Waals surface area (Å²) in [5.74, 6) is 2.19. The van der Waals surface area contributed by atoms with Crippen molar-refractivity contribution in [2.75, 3.05) is 37.7 Å². The van der Waals surface area contributed by atoms with Crippen molar-refractivity contribution in [3.63, 3.8) is 0 Å². The van der Waals surface area contributed by atoms with Gasteiger partial charge in [0.1, 0.15) is 17.4 Å². The molecule has 2 aromatic carbocycles. The van der Waals surface area contributed by atoms with Crippen molar-refractivity contribution < 1.29 is 13.2 Å². The molecule has 1 aliphatic rings. The lowest BCUT2D eigenvalue weighted by Gasteiger charge is -2.34. The first-order chi connectivity index (χ1) is 15.0. The van der Waals surface area contributed by atoms with E-state index in [1.54, 1.807) is 24.3 Å². The van der Waals surface area contributed by atoms with Gasteiger partial charge in [0, 0.05) is 37.8 Å². The monoisotopic (exact) mass is 438 g/mol. The molecule has 0 atom stereocenters. The molecule has 2 heterocycles. The van der Waals surface area contributed by atoms with Crippen LogP contribution in [0.5, 0.6) is 5.75 Å². The van der Waals surface area contributed by atoms with Crippen LogP contribution < -0.4 is 9.64 Å². The summed E-state index contributed by atoms with van der Waals surface area (Å²) in [6, 6.07) is 18.6. The minimum atomic E-state index is -3.54. The number of aromatic nitrogens is 2. The van der Waals surface area contributed by atoms with E-state index < -0.39 is 10.0 Å². The number of ether oxygens (including phenoxy) is 1. The van der Waals surface area contributed by atoms with E-state index in [0.29, 0.717) is 44.4 Å². The van der Waals surface area contributed by atoms with Crippen LogP contribution in [0.2, 0.25) is 0 Å². The van der Waals surface area contributed by atoms with Gasteiger partial charge < -0.3 is 9.64 Å². The van der Waals surface area contributed by atoms with Crippen LogP contribution in [-0.2, 0) is 10.0 Å². The number of nitrogens with zero attached hydrogens (tertiary/aromatic N) is 4. The van der Waals surface area contributed by atoms with Gasteiger partial charge in [0.2, 0.25) is 10.0 Å². The number of piperazine rings is 1. The zero-order chi connectivity index (χ0) is 21.8. The summed E-state index contributed by atoms with van der Waals surface area (Å²) in [5.41, 5.74) is 1.90. The van der Waals surface area contributed by atoms with Crippen molar-refractivity contribution >= 4 is 15.8 Å². The Morgan fingerprint density at radius 2 is 1.61 bits per heavy atom. The van der Waals surface area contributed by atoms with Crippen molar-refractivity contribution in [2.45, 2.75) is 18.7 Å². The molecule has 3 aromatic rings. The average Bonchev–Trinajstić information content (AvgIpc) is 2.80. The zero-order valence-electron chi connectivity index (χ0n) is 17.7. The van der Waals surface area contributed by atoms with Crippen molar-refractivity contribution in [1.29, 1.82) is 0 Å².